The fraction of sp³-hybridized carbons (Fsp3) is 0.241. The Morgan fingerprint density at radius 3 is 2.44 bits per heavy atom. The third kappa shape index (κ3) is 4.22. The van der Waals surface area contributed by atoms with Crippen LogP contribution in [0.15, 0.2) is 83.4 Å². The minimum atomic E-state index is -0.360. The Balaban J connectivity index is 1.16. The van der Waals surface area contributed by atoms with Crippen LogP contribution >= 0.6 is 0 Å². The van der Waals surface area contributed by atoms with E-state index in [1.165, 1.54) is 22.3 Å². The van der Waals surface area contributed by atoms with Crippen molar-refractivity contribution in [1.82, 2.24) is 15.2 Å². The van der Waals surface area contributed by atoms with Crippen molar-refractivity contribution < 1.29 is 19.1 Å². The molecule has 7 heteroatoms. The molecular weight excluding hydrogens is 454 g/mol. The maximum Gasteiger partial charge on any atom is 0.410 e. The lowest BCUT2D eigenvalue weighted by atomic mass is 9.98. The summed E-state index contributed by atoms with van der Waals surface area (Å²) in [6, 6.07) is 23.3. The standard InChI is InChI=1S/C29H27N3O4/c33-20-11-9-19(10-12-20)15-21-16-31-28(36-21)27-17-30-13-14-32(27)29(34)35-18-26-24-7-3-1-5-22(24)23-6-2-4-8-25(23)26/h1-12,16,26-27,30,33H,13-15,17-18H2. The molecule has 0 bridgehead atoms. The molecule has 1 aliphatic carbocycles. The fourth-order valence-electron chi connectivity index (χ4n) is 5.19. The second-order valence-corrected chi connectivity index (χ2v) is 9.23. The lowest BCUT2D eigenvalue weighted by Crippen LogP contribution is -2.49. The SMILES string of the molecule is O=C(OCC1c2ccccc2-c2ccccc21)N1CCNCC1c1ncc(Cc2ccc(O)cc2)o1. The van der Waals surface area contributed by atoms with Gasteiger partial charge in [0.2, 0.25) is 5.89 Å². The molecule has 1 aromatic heterocycles. The van der Waals surface area contributed by atoms with Gasteiger partial charge in [0.1, 0.15) is 24.2 Å². The summed E-state index contributed by atoms with van der Waals surface area (Å²) in [7, 11) is 0. The van der Waals surface area contributed by atoms with Crippen LogP contribution in [-0.4, -0.2) is 47.3 Å². The number of rotatable bonds is 5. The Hall–Kier alpha value is -4.10. The summed E-state index contributed by atoms with van der Waals surface area (Å²) in [4.78, 5) is 19.5. The van der Waals surface area contributed by atoms with Crippen LogP contribution < -0.4 is 5.32 Å². The maximum atomic E-state index is 13.3. The molecule has 4 aromatic rings. The van der Waals surface area contributed by atoms with Crippen LogP contribution in [0.3, 0.4) is 0 Å². The summed E-state index contributed by atoms with van der Waals surface area (Å²) < 4.78 is 12.0. The average Bonchev–Trinajstić information content (AvgIpc) is 3.51. The first-order valence-corrected chi connectivity index (χ1v) is 12.2. The first kappa shape index (κ1) is 22.4. The summed E-state index contributed by atoms with van der Waals surface area (Å²) in [6.45, 7) is 2.02. The van der Waals surface area contributed by atoms with Crippen LogP contribution in [0.5, 0.6) is 5.75 Å². The van der Waals surface area contributed by atoms with Crippen molar-refractivity contribution in [3.8, 4) is 16.9 Å². The number of phenolic OH excluding ortho intramolecular Hbond substituents is 1. The highest BCUT2D eigenvalue weighted by molar-refractivity contribution is 5.79. The van der Waals surface area contributed by atoms with Gasteiger partial charge in [-0.25, -0.2) is 9.78 Å². The topological polar surface area (TPSA) is 87.8 Å². The molecular formula is C29H27N3O4. The zero-order valence-corrected chi connectivity index (χ0v) is 19.8. The van der Waals surface area contributed by atoms with E-state index in [1.807, 2.05) is 36.4 Å². The first-order chi connectivity index (χ1) is 17.7. The van der Waals surface area contributed by atoms with Crippen LogP contribution in [0.1, 0.15) is 40.3 Å². The third-order valence-electron chi connectivity index (χ3n) is 6.99. The Morgan fingerprint density at radius 1 is 1.03 bits per heavy atom. The number of hydrogen-bond acceptors (Lipinski definition) is 6. The zero-order valence-electron chi connectivity index (χ0n) is 19.8. The van der Waals surface area contributed by atoms with E-state index in [-0.39, 0.29) is 30.4 Å². The van der Waals surface area contributed by atoms with Gasteiger partial charge in [-0.15, -0.1) is 0 Å². The van der Waals surface area contributed by atoms with Gasteiger partial charge >= 0.3 is 6.09 Å². The summed E-state index contributed by atoms with van der Waals surface area (Å²) in [5, 5.41) is 12.8. The number of aromatic nitrogens is 1. The van der Waals surface area contributed by atoms with Crippen LogP contribution in [0.4, 0.5) is 4.79 Å². The van der Waals surface area contributed by atoms with Crippen LogP contribution in [0, 0.1) is 0 Å². The predicted molar refractivity (Wildman–Crippen MR) is 135 cm³/mol. The monoisotopic (exact) mass is 481 g/mol. The van der Waals surface area contributed by atoms with Crippen molar-refractivity contribution in [1.29, 1.82) is 0 Å². The number of hydrogen-bond donors (Lipinski definition) is 2. The van der Waals surface area contributed by atoms with E-state index in [2.05, 4.69) is 34.6 Å². The molecule has 1 aliphatic heterocycles. The average molecular weight is 482 g/mol. The molecule has 1 amide bonds. The quantitative estimate of drug-likeness (QED) is 0.423. The molecule has 3 aromatic carbocycles. The molecule has 1 unspecified atom stereocenters. The lowest BCUT2D eigenvalue weighted by molar-refractivity contribution is 0.0684. The van der Waals surface area contributed by atoms with Crippen molar-refractivity contribution >= 4 is 6.09 Å². The normalized spacial score (nSPS) is 17.0. The summed E-state index contributed by atoms with van der Waals surface area (Å²) in [5.74, 6) is 1.43. The van der Waals surface area contributed by atoms with E-state index >= 15 is 0 Å². The summed E-state index contributed by atoms with van der Waals surface area (Å²) in [5.41, 5.74) is 5.79. The molecule has 1 saturated heterocycles. The number of aromatic hydroxyl groups is 1. The van der Waals surface area contributed by atoms with Crippen molar-refractivity contribution in [2.24, 2.45) is 0 Å². The molecule has 2 heterocycles. The van der Waals surface area contributed by atoms with Crippen molar-refractivity contribution in [3.63, 3.8) is 0 Å². The van der Waals surface area contributed by atoms with Crippen molar-refractivity contribution in [2.45, 2.75) is 18.4 Å². The number of nitrogens with one attached hydrogen (secondary N) is 1. The second-order valence-electron chi connectivity index (χ2n) is 9.23. The highest BCUT2D eigenvalue weighted by atomic mass is 16.6. The minimum Gasteiger partial charge on any atom is -0.508 e. The van der Waals surface area contributed by atoms with E-state index in [1.54, 1.807) is 23.2 Å². The number of fused-ring (bicyclic) bond motifs is 3. The van der Waals surface area contributed by atoms with Crippen LogP contribution in [0.2, 0.25) is 0 Å². The van der Waals surface area contributed by atoms with Crippen LogP contribution in [0.25, 0.3) is 11.1 Å². The third-order valence-corrected chi connectivity index (χ3v) is 6.99. The summed E-state index contributed by atoms with van der Waals surface area (Å²) in [6.07, 6.45) is 1.90. The Kier molecular flexibility index (Phi) is 5.91. The molecule has 182 valence electrons. The molecule has 2 N–H and O–H groups in total. The van der Waals surface area contributed by atoms with Gasteiger partial charge in [0, 0.05) is 32.0 Å². The number of piperazine rings is 1. The molecule has 2 aliphatic rings. The van der Waals surface area contributed by atoms with Gasteiger partial charge in [0.05, 0.1) is 6.20 Å². The first-order valence-electron chi connectivity index (χ1n) is 12.2. The molecule has 0 radical (unpaired) electrons. The molecule has 7 nitrogen and oxygen atoms in total. The summed E-state index contributed by atoms with van der Waals surface area (Å²) >= 11 is 0. The molecule has 0 saturated carbocycles. The van der Waals surface area contributed by atoms with Gasteiger partial charge in [0.25, 0.3) is 0 Å². The van der Waals surface area contributed by atoms with Crippen molar-refractivity contribution in [3.05, 3.63) is 107 Å². The number of amides is 1. The highest BCUT2D eigenvalue weighted by Gasteiger charge is 2.34. The van der Waals surface area contributed by atoms with Gasteiger partial charge in [0.15, 0.2) is 0 Å². The molecule has 1 atom stereocenters. The van der Waals surface area contributed by atoms with E-state index in [0.29, 0.717) is 37.7 Å². The molecule has 6 rings (SSSR count). The second kappa shape index (κ2) is 9.51. The number of benzene rings is 3. The van der Waals surface area contributed by atoms with E-state index in [4.69, 9.17) is 9.15 Å². The van der Waals surface area contributed by atoms with Gasteiger partial charge in [-0.05, 0) is 39.9 Å². The zero-order chi connectivity index (χ0) is 24.5. The number of nitrogens with zero attached hydrogens (tertiary/aromatic N) is 2. The molecule has 1 fully saturated rings. The number of carbonyl (C=O) groups excluding carboxylic acids is 1. The van der Waals surface area contributed by atoms with E-state index < -0.39 is 0 Å². The number of carbonyl (C=O) groups is 1. The van der Waals surface area contributed by atoms with Gasteiger partial charge in [-0.2, -0.15) is 0 Å². The largest absolute Gasteiger partial charge is 0.508 e. The predicted octanol–water partition coefficient (Wildman–Crippen LogP) is 4.87. The van der Waals surface area contributed by atoms with Gasteiger partial charge in [-0.1, -0.05) is 60.7 Å². The Morgan fingerprint density at radius 2 is 1.72 bits per heavy atom. The lowest BCUT2D eigenvalue weighted by Gasteiger charge is -2.33. The number of oxazole rings is 1. The van der Waals surface area contributed by atoms with Gasteiger partial charge < -0.3 is 19.6 Å². The fourth-order valence-corrected chi connectivity index (χ4v) is 5.19. The van der Waals surface area contributed by atoms with Crippen LogP contribution in [-0.2, 0) is 11.2 Å². The van der Waals surface area contributed by atoms with E-state index in [0.717, 1.165) is 5.56 Å². The Labute approximate surface area is 209 Å². The minimum absolute atomic E-state index is 0.0152. The smallest absolute Gasteiger partial charge is 0.410 e. The van der Waals surface area contributed by atoms with Gasteiger partial charge in [-0.3, -0.25) is 4.90 Å². The van der Waals surface area contributed by atoms with E-state index in [9.17, 15) is 9.90 Å². The number of ether oxygens (including phenoxy) is 1. The Bertz CT molecular complexity index is 1340. The number of phenols is 1. The molecule has 36 heavy (non-hydrogen) atoms. The highest BCUT2D eigenvalue weighted by Crippen LogP contribution is 2.44. The maximum absolute atomic E-state index is 13.3. The van der Waals surface area contributed by atoms with Crippen molar-refractivity contribution in [2.75, 3.05) is 26.2 Å². The molecule has 0 spiro atoms.